The molecule has 1 fully saturated rings. The highest BCUT2D eigenvalue weighted by molar-refractivity contribution is 5.92. The normalized spacial score (nSPS) is 17.3. The van der Waals surface area contributed by atoms with Gasteiger partial charge in [0.15, 0.2) is 6.10 Å². The van der Waals surface area contributed by atoms with Crippen molar-refractivity contribution in [1.82, 2.24) is 14.7 Å². The molecule has 1 aliphatic rings. The smallest absolute Gasteiger partial charge is 0.334 e. The second-order valence-corrected chi connectivity index (χ2v) is 5.65. The molecule has 0 unspecified atom stereocenters. The fourth-order valence-corrected chi connectivity index (χ4v) is 2.58. The number of nitrogens with zero attached hydrogens (tertiary/aromatic N) is 3. The molecule has 1 saturated heterocycles. The Labute approximate surface area is 143 Å². The molecule has 3 rings (SSSR count). The average molecular weight is 343 g/mol. The van der Waals surface area contributed by atoms with Gasteiger partial charge in [0.1, 0.15) is 5.69 Å². The Morgan fingerprint density at radius 3 is 2.68 bits per heavy atom. The van der Waals surface area contributed by atoms with Crippen LogP contribution in [0.2, 0.25) is 0 Å². The number of carbonyl (C=O) groups is 2. The fraction of sp³-hybridized carbons (Fsp3) is 0.294. The molecule has 2 aromatic rings. The number of carbonyl (C=O) groups excluding carboxylic acids is 1. The number of morpholine rings is 1. The lowest BCUT2D eigenvalue weighted by molar-refractivity contribution is -0.154. The summed E-state index contributed by atoms with van der Waals surface area (Å²) in [6.45, 7) is 0.629. The highest BCUT2D eigenvalue weighted by Gasteiger charge is 2.30. The third-order valence-corrected chi connectivity index (χ3v) is 3.89. The van der Waals surface area contributed by atoms with Crippen LogP contribution in [-0.4, -0.2) is 57.5 Å². The highest BCUT2D eigenvalue weighted by Crippen LogP contribution is 2.09. The summed E-state index contributed by atoms with van der Waals surface area (Å²) in [5, 5.41) is 13.2. The summed E-state index contributed by atoms with van der Waals surface area (Å²) in [6.07, 6.45) is -1.05. The molecule has 0 aliphatic carbocycles. The minimum absolute atomic E-state index is 0.0480. The second-order valence-electron chi connectivity index (χ2n) is 5.65. The summed E-state index contributed by atoms with van der Waals surface area (Å²) < 4.78 is 6.33. The van der Waals surface area contributed by atoms with Gasteiger partial charge >= 0.3 is 5.97 Å². The Bertz CT molecular complexity index is 834. The number of aliphatic carboxylic acids is 1. The van der Waals surface area contributed by atoms with Gasteiger partial charge in [-0.05, 0) is 11.6 Å². The topological polar surface area (TPSA) is 102 Å². The van der Waals surface area contributed by atoms with Crippen molar-refractivity contribution < 1.29 is 19.4 Å². The van der Waals surface area contributed by atoms with Crippen molar-refractivity contribution in [2.75, 3.05) is 19.7 Å². The van der Waals surface area contributed by atoms with Crippen molar-refractivity contribution >= 4 is 11.9 Å². The number of hydrogen-bond donors (Lipinski definition) is 1. The zero-order chi connectivity index (χ0) is 17.8. The third kappa shape index (κ3) is 3.92. The predicted molar refractivity (Wildman–Crippen MR) is 87.3 cm³/mol. The molecule has 2 heterocycles. The highest BCUT2D eigenvalue weighted by atomic mass is 16.5. The van der Waals surface area contributed by atoms with Crippen molar-refractivity contribution in [2.45, 2.75) is 12.6 Å². The summed E-state index contributed by atoms with van der Waals surface area (Å²) in [5.74, 6) is -1.53. The van der Waals surface area contributed by atoms with Gasteiger partial charge in [-0.15, -0.1) is 0 Å². The second kappa shape index (κ2) is 7.27. The van der Waals surface area contributed by atoms with Gasteiger partial charge < -0.3 is 14.7 Å². The molecular weight excluding hydrogens is 326 g/mol. The third-order valence-electron chi connectivity index (χ3n) is 3.89. The van der Waals surface area contributed by atoms with Crippen LogP contribution in [-0.2, 0) is 16.1 Å². The van der Waals surface area contributed by atoms with Gasteiger partial charge in [-0.25, -0.2) is 9.48 Å². The summed E-state index contributed by atoms with van der Waals surface area (Å²) in [7, 11) is 0. The van der Waals surface area contributed by atoms with E-state index in [0.717, 1.165) is 5.56 Å². The van der Waals surface area contributed by atoms with Crippen molar-refractivity contribution in [2.24, 2.45) is 0 Å². The molecule has 1 N–H and O–H groups in total. The van der Waals surface area contributed by atoms with E-state index in [1.54, 1.807) is 0 Å². The first-order chi connectivity index (χ1) is 12.0. The molecular formula is C17H17N3O5. The standard InChI is InChI=1S/C17H17N3O5/c21-15-7-6-13(18-20(15)10-12-4-2-1-3-5-12)16(22)19-8-9-25-14(11-19)17(23)24/h1-7,14H,8-11H2,(H,23,24)/t14-/m0/s1. The van der Waals surface area contributed by atoms with Gasteiger partial charge in [0.25, 0.3) is 11.5 Å². The van der Waals surface area contributed by atoms with Crippen LogP contribution < -0.4 is 5.56 Å². The van der Waals surface area contributed by atoms with Crippen LogP contribution in [0.5, 0.6) is 0 Å². The number of amides is 1. The lowest BCUT2D eigenvalue weighted by Gasteiger charge is -2.30. The van der Waals surface area contributed by atoms with E-state index in [-0.39, 0.29) is 37.5 Å². The summed E-state index contributed by atoms with van der Waals surface area (Å²) in [4.78, 5) is 37.0. The number of hydrogen-bond acceptors (Lipinski definition) is 5. The van der Waals surface area contributed by atoms with E-state index in [1.807, 2.05) is 30.3 Å². The minimum atomic E-state index is -1.11. The molecule has 1 aliphatic heterocycles. The first kappa shape index (κ1) is 16.8. The molecule has 8 heteroatoms. The van der Waals surface area contributed by atoms with Crippen LogP contribution in [0.1, 0.15) is 16.1 Å². The number of aromatic nitrogens is 2. The largest absolute Gasteiger partial charge is 0.479 e. The molecule has 1 atom stereocenters. The zero-order valence-corrected chi connectivity index (χ0v) is 13.4. The van der Waals surface area contributed by atoms with Crippen molar-refractivity contribution in [3.8, 4) is 0 Å². The number of carboxylic acids is 1. The number of ether oxygens (including phenoxy) is 1. The molecule has 1 aromatic heterocycles. The molecule has 1 amide bonds. The van der Waals surface area contributed by atoms with Gasteiger partial charge in [-0.2, -0.15) is 5.10 Å². The SMILES string of the molecule is O=C(O)[C@@H]1CN(C(=O)c2ccc(=O)n(Cc3ccccc3)n2)CCO1. The maximum absolute atomic E-state index is 12.6. The molecule has 25 heavy (non-hydrogen) atoms. The van der Waals surface area contributed by atoms with E-state index in [0.29, 0.717) is 0 Å². The van der Waals surface area contributed by atoms with Crippen LogP contribution in [0.25, 0.3) is 0 Å². The molecule has 1 aromatic carbocycles. The van der Waals surface area contributed by atoms with Crippen LogP contribution in [0.15, 0.2) is 47.3 Å². The molecule has 0 spiro atoms. The van der Waals surface area contributed by atoms with Gasteiger partial charge in [0, 0.05) is 12.6 Å². The maximum Gasteiger partial charge on any atom is 0.334 e. The van der Waals surface area contributed by atoms with Crippen LogP contribution in [0.4, 0.5) is 0 Å². The van der Waals surface area contributed by atoms with Crippen molar-refractivity contribution in [3.05, 3.63) is 64.1 Å². The zero-order valence-electron chi connectivity index (χ0n) is 13.4. The molecule has 130 valence electrons. The van der Waals surface area contributed by atoms with Crippen LogP contribution >= 0.6 is 0 Å². The van der Waals surface area contributed by atoms with E-state index >= 15 is 0 Å². The van der Waals surface area contributed by atoms with Gasteiger partial charge in [-0.3, -0.25) is 9.59 Å². The van der Waals surface area contributed by atoms with Crippen LogP contribution in [0.3, 0.4) is 0 Å². The fourth-order valence-electron chi connectivity index (χ4n) is 2.58. The maximum atomic E-state index is 12.6. The predicted octanol–water partition coefficient (Wildman–Crippen LogP) is 0.217. The Kier molecular flexibility index (Phi) is 4.90. The quantitative estimate of drug-likeness (QED) is 0.852. The molecule has 0 radical (unpaired) electrons. The Morgan fingerprint density at radius 2 is 1.96 bits per heavy atom. The van der Waals surface area contributed by atoms with Gasteiger partial charge in [0.2, 0.25) is 0 Å². The Hall–Kier alpha value is -3.00. The summed E-state index contributed by atoms with van der Waals surface area (Å²) in [6, 6.07) is 12.0. The minimum Gasteiger partial charge on any atom is -0.479 e. The molecule has 0 bridgehead atoms. The van der Waals surface area contributed by atoms with E-state index in [4.69, 9.17) is 9.84 Å². The van der Waals surface area contributed by atoms with Crippen molar-refractivity contribution in [1.29, 1.82) is 0 Å². The summed E-state index contributed by atoms with van der Waals surface area (Å²) in [5.41, 5.74) is 0.673. The van der Waals surface area contributed by atoms with E-state index < -0.39 is 18.0 Å². The van der Waals surface area contributed by atoms with E-state index in [9.17, 15) is 14.4 Å². The molecule has 8 nitrogen and oxygen atoms in total. The Morgan fingerprint density at radius 1 is 1.20 bits per heavy atom. The van der Waals surface area contributed by atoms with E-state index in [2.05, 4.69) is 5.10 Å². The number of rotatable bonds is 4. The summed E-state index contributed by atoms with van der Waals surface area (Å²) >= 11 is 0. The lowest BCUT2D eigenvalue weighted by atomic mass is 10.2. The van der Waals surface area contributed by atoms with Gasteiger partial charge in [-0.1, -0.05) is 30.3 Å². The van der Waals surface area contributed by atoms with Gasteiger partial charge in [0.05, 0.1) is 19.7 Å². The van der Waals surface area contributed by atoms with Crippen LogP contribution in [0, 0.1) is 0 Å². The lowest BCUT2D eigenvalue weighted by Crippen LogP contribution is -2.49. The van der Waals surface area contributed by atoms with Crippen molar-refractivity contribution in [3.63, 3.8) is 0 Å². The Balaban J connectivity index is 1.80. The average Bonchev–Trinajstić information content (AvgIpc) is 2.64. The van der Waals surface area contributed by atoms with E-state index in [1.165, 1.54) is 21.7 Å². The monoisotopic (exact) mass is 343 g/mol. The number of benzene rings is 1. The first-order valence-electron chi connectivity index (χ1n) is 7.80. The number of carboxylic acid groups (broad SMARTS) is 1. The molecule has 0 saturated carbocycles. The first-order valence-corrected chi connectivity index (χ1v) is 7.80.